The Balaban J connectivity index is 1.60. The van der Waals surface area contributed by atoms with Gasteiger partial charge in [0.15, 0.2) is 5.76 Å². The Bertz CT molecular complexity index is 539. The average Bonchev–Trinajstić information content (AvgIpc) is 3.10. The van der Waals surface area contributed by atoms with Gasteiger partial charge in [-0.1, -0.05) is 0 Å². The van der Waals surface area contributed by atoms with Gasteiger partial charge in [0.2, 0.25) is 0 Å². The zero-order chi connectivity index (χ0) is 13.1. The monoisotopic (exact) mass is 258 g/mol. The van der Waals surface area contributed by atoms with Crippen LogP contribution in [0.1, 0.15) is 17.0 Å². The first-order valence-corrected chi connectivity index (χ1v) is 6.22. The summed E-state index contributed by atoms with van der Waals surface area (Å²) in [4.78, 5) is 17.8. The first kappa shape index (κ1) is 11.8. The minimum Gasteiger partial charge on any atom is -0.488 e. The molecule has 3 heterocycles. The number of amides is 1. The maximum absolute atomic E-state index is 12.1. The van der Waals surface area contributed by atoms with Gasteiger partial charge in [-0.15, -0.1) is 0 Å². The summed E-state index contributed by atoms with van der Waals surface area (Å²) in [6.07, 6.45) is 5.75. The number of ether oxygens (including phenoxy) is 1. The predicted molar refractivity (Wildman–Crippen MR) is 67.9 cm³/mol. The van der Waals surface area contributed by atoms with Gasteiger partial charge in [0.25, 0.3) is 5.91 Å². The van der Waals surface area contributed by atoms with E-state index in [4.69, 9.17) is 9.15 Å². The summed E-state index contributed by atoms with van der Waals surface area (Å²) in [5.74, 6) is 1.09. The van der Waals surface area contributed by atoms with Crippen LogP contribution in [0.2, 0.25) is 0 Å². The fourth-order valence-corrected chi connectivity index (χ4v) is 2.17. The normalized spacial score (nSPS) is 18.5. The summed E-state index contributed by atoms with van der Waals surface area (Å²) in [6.45, 7) is 1.27. The van der Waals surface area contributed by atoms with Crippen molar-refractivity contribution in [1.82, 2.24) is 9.88 Å². The van der Waals surface area contributed by atoms with Gasteiger partial charge in [-0.05, 0) is 24.3 Å². The topological polar surface area (TPSA) is 55.6 Å². The number of likely N-dealkylation sites (tertiary alicyclic amines) is 1. The third-order valence-electron chi connectivity index (χ3n) is 3.12. The lowest BCUT2D eigenvalue weighted by molar-refractivity contribution is 0.0741. The summed E-state index contributed by atoms with van der Waals surface area (Å²) in [7, 11) is 0. The molecule has 5 nitrogen and oxygen atoms in total. The minimum atomic E-state index is -0.0779. The second kappa shape index (κ2) is 5.14. The molecule has 2 aromatic rings. The smallest absolute Gasteiger partial charge is 0.289 e. The fourth-order valence-electron chi connectivity index (χ4n) is 2.17. The van der Waals surface area contributed by atoms with E-state index >= 15 is 0 Å². The lowest BCUT2D eigenvalue weighted by Gasteiger charge is -2.16. The van der Waals surface area contributed by atoms with Crippen LogP contribution in [0.4, 0.5) is 0 Å². The first-order chi connectivity index (χ1) is 9.33. The number of aromatic nitrogens is 1. The van der Waals surface area contributed by atoms with E-state index in [9.17, 15) is 4.79 Å². The minimum absolute atomic E-state index is 0.0290. The lowest BCUT2D eigenvalue weighted by Crippen LogP contribution is -2.30. The number of rotatable bonds is 3. The van der Waals surface area contributed by atoms with Crippen LogP contribution in [0.3, 0.4) is 0 Å². The van der Waals surface area contributed by atoms with Crippen LogP contribution in [-0.4, -0.2) is 35.0 Å². The Morgan fingerprint density at radius 3 is 2.95 bits per heavy atom. The fraction of sp³-hybridized carbons (Fsp3) is 0.286. The predicted octanol–water partition coefficient (Wildman–Crippen LogP) is 1.97. The van der Waals surface area contributed by atoms with Crippen molar-refractivity contribution in [2.24, 2.45) is 0 Å². The van der Waals surface area contributed by atoms with E-state index in [-0.39, 0.29) is 12.0 Å². The van der Waals surface area contributed by atoms with Gasteiger partial charge < -0.3 is 14.1 Å². The summed E-state index contributed by atoms with van der Waals surface area (Å²) < 4.78 is 10.9. The Kier molecular flexibility index (Phi) is 3.18. The molecule has 1 fully saturated rings. The van der Waals surface area contributed by atoms with Gasteiger partial charge in [0, 0.05) is 25.4 Å². The Labute approximate surface area is 110 Å². The number of carbonyl (C=O) groups is 1. The summed E-state index contributed by atoms with van der Waals surface area (Å²) in [5, 5.41) is 0. The Hall–Kier alpha value is -2.30. The average molecular weight is 258 g/mol. The van der Waals surface area contributed by atoms with Gasteiger partial charge in [-0.3, -0.25) is 9.78 Å². The molecule has 0 radical (unpaired) electrons. The lowest BCUT2D eigenvalue weighted by atomic mass is 10.3. The summed E-state index contributed by atoms with van der Waals surface area (Å²) >= 11 is 0. The molecule has 98 valence electrons. The molecule has 0 bridgehead atoms. The molecule has 5 heteroatoms. The van der Waals surface area contributed by atoms with Crippen molar-refractivity contribution in [2.75, 3.05) is 13.1 Å². The van der Waals surface area contributed by atoms with Crippen LogP contribution in [0, 0.1) is 0 Å². The summed E-state index contributed by atoms with van der Waals surface area (Å²) in [5.41, 5.74) is 0. The molecule has 0 unspecified atom stereocenters. The maximum Gasteiger partial charge on any atom is 0.289 e. The van der Waals surface area contributed by atoms with E-state index in [0.717, 1.165) is 12.2 Å². The largest absolute Gasteiger partial charge is 0.488 e. The van der Waals surface area contributed by atoms with Gasteiger partial charge in [0.05, 0.1) is 12.8 Å². The van der Waals surface area contributed by atoms with E-state index in [2.05, 4.69) is 4.98 Å². The molecule has 0 aromatic carbocycles. The van der Waals surface area contributed by atoms with Crippen LogP contribution in [0.15, 0.2) is 47.3 Å². The highest BCUT2D eigenvalue weighted by molar-refractivity contribution is 5.91. The van der Waals surface area contributed by atoms with Crippen LogP contribution >= 0.6 is 0 Å². The number of nitrogens with zero attached hydrogens (tertiary/aromatic N) is 2. The highest BCUT2D eigenvalue weighted by atomic mass is 16.5. The zero-order valence-electron chi connectivity index (χ0n) is 10.4. The van der Waals surface area contributed by atoms with Crippen molar-refractivity contribution in [2.45, 2.75) is 12.5 Å². The van der Waals surface area contributed by atoms with Crippen molar-refractivity contribution >= 4 is 5.91 Å². The van der Waals surface area contributed by atoms with Crippen molar-refractivity contribution < 1.29 is 13.9 Å². The number of hydrogen-bond donors (Lipinski definition) is 0. The van der Waals surface area contributed by atoms with E-state index in [0.29, 0.717) is 18.8 Å². The third-order valence-corrected chi connectivity index (χ3v) is 3.12. The van der Waals surface area contributed by atoms with Crippen LogP contribution in [-0.2, 0) is 0 Å². The van der Waals surface area contributed by atoms with Gasteiger partial charge in [-0.25, -0.2) is 0 Å². The van der Waals surface area contributed by atoms with E-state index < -0.39 is 0 Å². The third kappa shape index (κ3) is 2.59. The molecule has 19 heavy (non-hydrogen) atoms. The highest BCUT2D eigenvalue weighted by Gasteiger charge is 2.29. The standard InChI is InChI=1S/C14H14N2O3/c17-14(13-2-1-9-18-13)16-8-5-12(10-16)19-11-3-6-15-7-4-11/h1-4,6-7,9,12H,5,8,10H2/t12-/m0/s1. The molecule has 0 spiro atoms. The molecule has 0 saturated carbocycles. The second-order valence-electron chi connectivity index (χ2n) is 4.44. The van der Waals surface area contributed by atoms with Crippen molar-refractivity contribution in [3.05, 3.63) is 48.7 Å². The Morgan fingerprint density at radius 2 is 2.21 bits per heavy atom. The highest BCUT2D eigenvalue weighted by Crippen LogP contribution is 2.19. The molecule has 1 amide bonds. The number of furan rings is 1. The van der Waals surface area contributed by atoms with Gasteiger partial charge in [-0.2, -0.15) is 0 Å². The molecule has 1 aliphatic heterocycles. The number of pyridine rings is 1. The molecule has 1 saturated heterocycles. The maximum atomic E-state index is 12.1. The molecule has 1 aliphatic rings. The van der Waals surface area contributed by atoms with Gasteiger partial charge in [0.1, 0.15) is 11.9 Å². The van der Waals surface area contributed by atoms with Crippen LogP contribution < -0.4 is 4.74 Å². The molecule has 0 aliphatic carbocycles. The van der Waals surface area contributed by atoms with E-state index in [1.807, 2.05) is 12.1 Å². The van der Waals surface area contributed by atoms with Crippen LogP contribution in [0.25, 0.3) is 0 Å². The summed E-state index contributed by atoms with van der Waals surface area (Å²) in [6, 6.07) is 7.03. The molecule has 0 N–H and O–H groups in total. The first-order valence-electron chi connectivity index (χ1n) is 6.22. The van der Waals surface area contributed by atoms with E-state index in [1.54, 1.807) is 29.4 Å². The molecular formula is C14H14N2O3. The van der Waals surface area contributed by atoms with Crippen LogP contribution in [0.5, 0.6) is 5.75 Å². The number of carbonyl (C=O) groups excluding carboxylic acids is 1. The molecule has 2 aromatic heterocycles. The SMILES string of the molecule is O=C(c1ccco1)N1CC[C@H](Oc2ccncc2)C1. The van der Waals surface area contributed by atoms with Crippen molar-refractivity contribution in [1.29, 1.82) is 0 Å². The zero-order valence-corrected chi connectivity index (χ0v) is 10.4. The second-order valence-corrected chi connectivity index (χ2v) is 4.44. The van der Waals surface area contributed by atoms with E-state index in [1.165, 1.54) is 6.26 Å². The number of hydrogen-bond acceptors (Lipinski definition) is 4. The molecule has 1 atom stereocenters. The van der Waals surface area contributed by atoms with Gasteiger partial charge >= 0.3 is 0 Å². The quantitative estimate of drug-likeness (QED) is 0.844. The Morgan fingerprint density at radius 1 is 1.37 bits per heavy atom. The molecule has 3 rings (SSSR count). The molecular weight excluding hydrogens is 244 g/mol. The van der Waals surface area contributed by atoms with Crippen molar-refractivity contribution in [3.63, 3.8) is 0 Å². The van der Waals surface area contributed by atoms with Crippen molar-refractivity contribution in [3.8, 4) is 5.75 Å².